The van der Waals surface area contributed by atoms with Gasteiger partial charge in [0.25, 0.3) is 0 Å². The van der Waals surface area contributed by atoms with Gasteiger partial charge in [0, 0.05) is 25.1 Å². The molecule has 0 aromatic heterocycles. The van der Waals surface area contributed by atoms with Crippen LogP contribution in [0.5, 0.6) is 0 Å². The van der Waals surface area contributed by atoms with Crippen molar-refractivity contribution in [3.8, 4) is 0 Å². The molecule has 2 aromatic rings. The summed E-state index contributed by atoms with van der Waals surface area (Å²) in [6.07, 6.45) is 15.6. The molecule has 274 valence electrons. The Labute approximate surface area is 295 Å². The fourth-order valence-electron chi connectivity index (χ4n) is 6.25. The second-order valence-electron chi connectivity index (χ2n) is 13.3. The number of amides is 2. The van der Waals surface area contributed by atoms with Crippen LogP contribution in [0.25, 0.3) is 0 Å². The minimum Gasteiger partial charge on any atom is -0.465 e. The number of unbranched alkanes of at least 4 members (excludes halogenated alkanes) is 10. The molecule has 3 rings (SSSR count). The molecule has 0 spiro atoms. The van der Waals surface area contributed by atoms with Gasteiger partial charge in [0.05, 0.1) is 25.4 Å². The predicted octanol–water partition coefficient (Wildman–Crippen LogP) is 8.11. The van der Waals surface area contributed by atoms with Crippen LogP contribution in [-0.4, -0.2) is 60.9 Å². The van der Waals surface area contributed by atoms with Gasteiger partial charge in [0.1, 0.15) is 6.54 Å². The number of nitrogens with one attached hydrogen (secondary N) is 2. The first-order chi connectivity index (χ1) is 23.9. The van der Waals surface area contributed by atoms with E-state index < -0.39 is 18.3 Å². The third kappa shape index (κ3) is 16.1. The molecule has 1 heterocycles. The number of aliphatic hydroxyl groups is 1. The van der Waals surface area contributed by atoms with Crippen molar-refractivity contribution in [1.82, 2.24) is 15.5 Å². The van der Waals surface area contributed by atoms with Gasteiger partial charge in [0.2, 0.25) is 0 Å². The third-order valence-electron chi connectivity index (χ3n) is 9.14. The van der Waals surface area contributed by atoms with Crippen molar-refractivity contribution >= 4 is 12.0 Å². The predicted molar refractivity (Wildman–Crippen MR) is 195 cm³/mol. The summed E-state index contributed by atoms with van der Waals surface area (Å²) in [6.45, 7) is 9.75. The van der Waals surface area contributed by atoms with Gasteiger partial charge in [-0.3, -0.25) is 4.79 Å². The SMILES string of the molecule is CCCCCCCCN(CCCCCCCC)C[C@@H]1C[C@H](c2ccc(CO)cc2)O[C@H](c2ccc(CNC(=O)NCC(=O)OCC)cc2)O1. The molecular weight excluding hydrogens is 618 g/mol. The van der Waals surface area contributed by atoms with Crippen LogP contribution in [0.3, 0.4) is 0 Å². The highest BCUT2D eigenvalue weighted by atomic mass is 16.7. The highest BCUT2D eigenvalue weighted by Crippen LogP contribution is 2.38. The molecule has 0 aliphatic carbocycles. The maximum atomic E-state index is 12.1. The number of urea groups is 1. The van der Waals surface area contributed by atoms with Crippen molar-refractivity contribution in [2.24, 2.45) is 0 Å². The number of ether oxygens (including phenoxy) is 3. The first-order valence-electron chi connectivity index (χ1n) is 18.9. The zero-order valence-corrected chi connectivity index (χ0v) is 30.4. The van der Waals surface area contributed by atoms with Crippen molar-refractivity contribution in [1.29, 1.82) is 0 Å². The zero-order chi connectivity index (χ0) is 35.1. The van der Waals surface area contributed by atoms with E-state index in [-0.39, 0.29) is 32.0 Å². The number of nitrogens with zero attached hydrogens (tertiary/aromatic N) is 1. The lowest BCUT2D eigenvalue weighted by Gasteiger charge is -2.38. The lowest BCUT2D eigenvalue weighted by molar-refractivity contribution is -0.253. The Morgan fingerprint density at radius 3 is 1.92 bits per heavy atom. The summed E-state index contributed by atoms with van der Waals surface area (Å²) in [5.41, 5.74) is 3.81. The smallest absolute Gasteiger partial charge is 0.325 e. The van der Waals surface area contributed by atoms with Crippen molar-refractivity contribution in [3.63, 3.8) is 0 Å². The Morgan fingerprint density at radius 1 is 0.755 bits per heavy atom. The molecule has 3 N–H and O–H groups in total. The second kappa shape index (κ2) is 24.2. The van der Waals surface area contributed by atoms with Crippen LogP contribution in [0.2, 0.25) is 0 Å². The Hall–Kier alpha value is -2.98. The van der Waals surface area contributed by atoms with E-state index in [0.29, 0.717) is 6.54 Å². The molecule has 1 saturated heterocycles. The number of carbonyl (C=O) groups excluding carboxylic acids is 2. The molecule has 1 fully saturated rings. The molecule has 49 heavy (non-hydrogen) atoms. The fourth-order valence-corrected chi connectivity index (χ4v) is 6.25. The number of hydrogen-bond acceptors (Lipinski definition) is 7. The number of carbonyl (C=O) groups is 2. The van der Waals surface area contributed by atoms with Gasteiger partial charge in [-0.2, -0.15) is 0 Å². The van der Waals surface area contributed by atoms with E-state index in [1.807, 2.05) is 36.4 Å². The minimum atomic E-state index is -0.527. The summed E-state index contributed by atoms with van der Waals surface area (Å²) < 4.78 is 18.2. The van der Waals surface area contributed by atoms with Crippen molar-refractivity contribution in [2.75, 3.05) is 32.8 Å². The summed E-state index contributed by atoms with van der Waals surface area (Å²) in [6, 6.07) is 15.5. The van der Waals surface area contributed by atoms with E-state index in [1.54, 1.807) is 6.92 Å². The molecule has 9 nitrogen and oxygen atoms in total. The second-order valence-corrected chi connectivity index (χ2v) is 13.3. The number of rotatable bonds is 24. The van der Waals surface area contributed by atoms with Gasteiger partial charge < -0.3 is 34.9 Å². The molecule has 2 amide bonds. The molecular formula is C40H63N3O6. The van der Waals surface area contributed by atoms with E-state index in [4.69, 9.17) is 14.2 Å². The number of hydrogen-bond donors (Lipinski definition) is 3. The van der Waals surface area contributed by atoms with Crippen molar-refractivity contribution < 1.29 is 28.9 Å². The molecule has 2 aromatic carbocycles. The Morgan fingerprint density at radius 2 is 1.33 bits per heavy atom. The molecule has 9 heteroatoms. The summed E-state index contributed by atoms with van der Waals surface area (Å²) >= 11 is 0. The van der Waals surface area contributed by atoms with E-state index in [1.165, 1.54) is 77.0 Å². The van der Waals surface area contributed by atoms with Crippen molar-refractivity contribution in [2.45, 2.75) is 136 Å². The van der Waals surface area contributed by atoms with Crippen LogP contribution in [0, 0.1) is 0 Å². The van der Waals surface area contributed by atoms with Crippen LogP contribution in [0.4, 0.5) is 4.79 Å². The third-order valence-corrected chi connectivity index (χ3v) is 9.14. The maximum Gasteiger partial charge on any atom is 0.325 e. The summed E-state index contributed by atoms with van der Waals surface area (Å²) in [7, 11) is 0. The van der Waals surface area contributed by atoms with Gasteiger partial charge in [-0.25, -0.2) is 4.79 Å². The van der Waals surface area contributed by atoms with Gasteiger partial charge in [-0.1, -0.05) is 127 Å². The highest BCUT2D eigenvalue weighted by Gasteiger charge is 2.33. The van der Waals surface area contributed by atoms with Gasteiger partial charge in [-0.05, 0) is 49.5 Å². The highest BCUT2D eigenvalue weighted by molar-refractivity contribution is 5.80. The lowest BCUT2D eigenvalue weighted by atomic mass is 9.99. The fraction of sp³-hybridized carbons (Fsp3) is 0.650. The summed E-state index contributed by atoms with van der Waals surface area (Å²) in [4.78, 5) is 26.3. The molecule has 3 atom stereocenters. The minimum absolute atomic E-state index is 0.00545. The van der Waals surface area contributed by atoms with Crippen LogP contribution < -0.4 is 10.6 Å². The Bertz CT molecular complexity index is 1160. The van der Waals surface area contributed by atoms with Gasteiger partial charge in [0.15, 0.2) is 6.29 Å². The average molecular weight is 682 g/mol. The molecule has 0 bridgehead atoms. The molecule has 1 aliphatic rings. The normalized spacial score (nSPS) is 17.6. The topological polar surface area (TPSA) is 109 Å². The Kier molecular flexibility index (Phi) is 20.0. The van der Waals surface area contributed by atoms with E-state index in [0.717, 1.165) is 48.3 Å². The lowest BCUT2D eigenvalue weighted by Crippen LogP contribution is -2.40. The van der Waals surface area contributed by atoms with Crippen LogP contribution in [-0.2, 0) is 32.2 Å². The molecule has 1 aliphatic heterocycles. The van der Waals surface area contributed by atoms with Crippen LogP contribution in [0.1, 0.15) is 139 Å². The quantitative estimate of drug-likeness (QED) is 0.0759. The van der Waals surface area contributed by atoms with E-state index in [2.05, 4.69) is 41.5 Å². The molecule has 0 radical (unpaired) electrons. The number of aliphatic hydroxyl groups excluding tert-OH is 1. The zero-order valence-electron chi connectivity index (χ0n) is 30.4. The van der Waals surface area contributed by atoms with Crippen LogP contribution in [0.15, 0.2) is 48.5 Å². The van der Waals surface area contributed by atoms with Crippen LogP contribution >= 0.6 is 0 Å². The van der Waals surface area contributed by atoms with Crippen molar-refractivity contribution in [3.05, 3.63) is 70.8 Å². The molecule has 0 unspecified atom stereocenters. The van der Waals surface area contributed by atoms with Gasteiger partial charge >= 0.3 is 12.0 Å². The van der Waals surface area contributed by atoms with Gasteiger partial charge in [-0.15, -0.1) is 0 Å². The summed E-state index contributed by atoms with van der Waals surface area (Å²) in [5, 5.41) is 14.9. The van der Waals surface area contributed by atoms with E-state index in [9.17, 15) is 14.7 Å². The monoisotopic (exact) mass is 681 g/mol. The standard InChI is InChI=1S/C40H63N3O6/c1-4-7-9-11-13-15-25-43(26-16-14-12-10-8-5-2)30-36-27-37(34-21-19-33(31-44)20-22-34)49-39(48-36)35-23-17-32(18-24-35)28-41-40(46)42-29-38(45)47-6-3/h17-24,36-37,39,44H,4-16,25-31H2,1-3H3,(H2,41,42,46)/t36-,37+,39+/m0/s1. The number of esters is 1. The average Bonchev–Trinajstić information content (AvgIpc) is 3.12. The first-order valence-corrected chi connectivity index (χ1v) is 18.9. The summed E-state index contributed by atoms with van der Waals surface area (Å²) in [5.74, 6) is -0.469. The number of benzene rings is 2. The van der Waals surface area contributed by atoms with E-state index >= 15 is 0 Å². The molecule has 0 saturated carbocycles. The maximum absolute atomic E-state index is 12.1. The largest absolute Gasteiger partial charge is 0.465 e. The Balaban J connectivity index is 1.66. The first kappa shape index (κ1) is 40.4.